The van der Waals surface area contributed by atoms with E-state index in [0.717, 1.165) is 6.54 Å². The molecule has 1 fully saturated rings. The van der Waals surface area contributed by atoms with Crippen LogP contribution < -0.4 is 5.32 Å². The van der Waals surface area contributed by atoms with Crippen molar-refractivity contribution < 1.29 is 4.79 Å². The Morgan fingerprint density at radius 1 is 1.40 bits per heavy atom. The van der Waals surface area contributed by atoms with Crippen LogP contribution in [0.3, 0.4) is 0 Å². The monoisotopic (exact) mass is 212 g/mol. The third-order valence-corrected chi connectivity index (χ3v) is 3.41. The fraction of sp³-hybridized carbons (Fsp3) is 0.917. The molecule has 0 amide bonds. The fourth-order valence-electron chi connectivity index (χ4n) is 2.39. The zero-order chi connectivity index (χ0) is 11.3. The van der Waals surface area contributed by atoms with Gasteiger partial charge in [-0.3, -0.25) is 4.79 Å². The summed E-state index contributed by atoms with van der Waals surface area (Å²) < 4.78 is 0. The number of Topliss-reactive ketones (excluding diaryl/α,β-unsaturated/α-hetero) is 1. The molecular weight excluding hydrogens is 188 g/mol. The molecule has 0 bridgehead atoms. The summed E-state index contributed by atoms with van der Waals surface area (Å²) >= 11 is 0. The number of hydrogen-bond donors (Lipinski definition) is 1. The lowest BCUT2D eigenvalue weighted by Gasteiger charge is -2.38. The molecule has 0 saturated heterocycles. The molecule has 0 aromatic carbocycles. The predicted octanol–water partition coefficient (Wildman–Crippen LogP) is 1.43. The minimum atomic E-state index is 0.235. The third-order valence-electron chi connectivity index (χ3n) is 3.41. The Morgan fingerprint density at radius 3 is 2.67 bits per heavy atom. The van der Waals surface area contributed by atoms with Gasteiger partial charge in [0.2, 0.25) is 0 Å². The standard InChI is InChI=1S/C12H24N2O/c1-4-14(3)12-8-6-5-7-11(12)13-9-10(2)15/h11-13H,4-9H2,1-3H3. The highest BCUT2D eigenvalue weighted by Gasteiger charge is 2.27. The molecule has 3 heteroatoms. The highest BCUT2D eigenvalue weighted by Crippen LogP contribution is 2.22. The van der Waals surface area contributed by atoms with E-state index < -0.39 is 0 Å². The quantitative estimate of drug-likeness (QED) is 0.748. The van der Waals surface area contributed by atoms with E-state index in [1.54, 1.807) is 6.92 Å². The van der Waals surface area contributed by atoms with Crippen molar-refractivity contribution in [3.05, 3.63) is 0 Å². The van der Waals surface area contributed by atoms with Gasteiger partial charge in [-0.1, -0.05) is 19.8 Å². The smallest absolute Gasteiger partial charge is 0.143 e. The number of carbonyl (C=O) groups excluding carboxylic acids is 1. The molecule has 0 aliphatic heterocycles. The van der Waals surface area contributed by atoms with Gasteiger partial charge < -0.3 is 10.2 Å². The first-order chi connectivity index (χ1) is 7.15. The SMILES string of the molecule is CCN(C)C1CCCCC1NCC(C)=O. The topological polar surface area (TPSA) is 32.3 Å². The summed E-state index contributed by atoms with van der Waals surface area (Å²) in [7, 11) is 2.18. The second-order valence-corrected chi connectivity index (χ2v) is 4.61. The number of nitrogens with one attached hydrogen (secondary N) is 1. The predicted molar refractivity (Wildman–Crippen MR) is 63.0 cm³/mol. The van der Waals surface area contributed by atoms with Crippen molar-refractivity contribution >= 4 is 5.78 Å². The van der Waals surface area contributed by atoms with E-state index in [-0.39, 0.29) is 5.78 Å². The van der Waals surface area contributed by atoms with Gasteiger partial charge in [0.05, 0.1) is 6.54 Å². The number of hydrogen-bond acceptors (Lipinski definition) is 3. The van der Waals surface area contributed by atoms with Crippen molar-refractivity contribution in [3.8, 4) is 0 Å². The zero-order valence-electron chi connectivity index (χ0n) is 10.3. The van der Waals surface area contributed by atoms with Crippen molar-refractivity contribution in [1.29, 1.82) is 0 Å². The van der Waals surface area contributed by atoms with Crippen molar-refractivity contribution in [3.63, 3.8) is 0 Å². The Balaban J connectivity index is 2.45. The van der Waals surface area contributed by atoms with Gasteiger partial charge in [-0.15, -0.1) is 0 Å². The number of carbonyl (C=O) groups is 1. The summed E-state index contributed by atoms with van der Waals surface area (Å²) in [6.07, 6.45) is 5.10. The number of nitrogens with zero attached hydrogens (tertiary/aromatic N) is 1. The Labute approximate surface area is 93.2 Å². The average Bonchev–Trinajstić information content (AvgIpc) is 2.25. The minimum Gasteiger partial charge on any atom is -0.306 e. The molecule has 1 saturated carbocycles. The molecule has 1 N–H and O–H groups in total. The van der Waals surface area contributed by atoms with Crippen LogP contribution in [-0.4, -0.2) is 42.9 Å². The molecule has 3 nitrogen and oxygen atoms in total. The minimum absolute atomic E-state index is 0.235. The lowest BCUT2D eigenvalue weighted by Crippen LogP contribution is -2.51. The van der Waals surface area contributed by atoms with Crippen LogP contribution in [0.1, 0.15) is 39.5 Å². The first kappa shape index (κ1) is 12.7. The van der Waals surface area contributed by atoms with E-state index in [0.29, 0.717) is 18.6 Å². The number of rotatable bonds is 5. The van der Waals surface area contributed by atoms with E-state index in [2.05, 4.69) is 24.2 Å². The first-order valence-corrected chi connectivity index (χ1v) is 6.08. The lowest BCUT2D eigenvalue weighted by atomic mass is 9.89. The molecule has 15 heavy (non-hydrogen) atoms. The molecular formula is C12H24N2O. The maximum atomic E-state index is 11.0. The van der Waals surface area contributed by atoms with Crippen LogP contribution >= 0.6 is 0 Å². The third kappa shape index (κ3) is 3.92. The highest BCUT2D eigenvalue weighted by molar-refractivity contribution is 5.77. The van der Waals surface area contributed by atoms with Crippen LogP contribution in [0.25, 0.3) is 0 Å². The van der Waals surface area contributed by atoms with Gasteiger partial charge in [-0.2, -0.15) is 0 Å². The van der Waals surface area contributed by atoms with Gasteiger partial charge in [-0.05, 0) is 33.4 Å². The van der Waals surface area contributed by atoms with Crippen molar-refractivity contribution in [1.82, 2.24) is 10.2 Å². The summed E-state index contributed by atoms with van der Waals surface area (Å²) in [4.78, 5) is 13.4. The molecule has 1 aliphatic rings. The largest absolute Gasteiger partial charge is 0.306 e. The van der Waals surface area contributed by atoms with Crippen LogP contribution in [0, 0.1) is 0 Å². The maximum Gasteiger partial charge on any atom is 0.143 e. The zero-order valence-corrected chi connectivity index (χ0v) is 10.3. The highest BCUT2D eigenvalue weighted by atomic mass is 16.1. The van der Waals surface area contributed by atoms with Crippen molar-refractivity contribution in [2.75, 3.05) is 20.1 Å². The van der Waals surface area contributed by atoms with E-state index in [4.69, 9.17) is 0 Å². The fourth-order valence-corrected chi connectivity index (χ4v) is 2.39. The Bertz CT molecular complexity index is 206. The summed E-state index contributed by atoms with van der Waals surface area (Å²) in [6.45, 7) is 5.45. The van der Waals surface area contributed by atoms with Crippen molar-refractivity contribution in [2.45, 2.75) is 51.6 Å². The van der Waals surface area contributed by atoms with E-state index in [1.165, 1.54) is 25.7 Å². The van der Waals surface area contributed by atoms with Crippen LogP contribution in [-0.2, 0) is 4.79 Å². The van der Waals surface area contributed by atoms with Gasteiger partial charge in [-0.25, -0.2) is 0 Å². The molecule has 1 aliphatic carbocycles. The van der Waals surface area contributed by atoms with E-state index in [1.807, 2.05) is 0 Å². The summed E-state index contributed by atoms with van der Waals surface area (Å²) in [5, 5.41) is 3.40. The van der Waals surface area contributed by atoms with Crippen LogP contribution in [0.15, 0.2) is 0 Å². The van der Waals surface area contributed by atoms with Gasteiger partial charge in [0.1, 0.15) is 5.78 Å². The molecule has 0 spiro atoms. The second-order valence-electron chi connectivity index (χ2n) is 4.61. The molecule has 1 rings (SSSR count). The molecule has 0 radical (unpaired) electrons. The summed E-state index contributed by atoms with van der Waals surface area (Å²) in [5.74, 6) is 0.235. The maximum absolute atomic E-state index is 11.0. The molecule has 88 valence electrons. The second kappa shape index (κ2) is 6.23. The Hall–Kier alpha value is -0.410. The molecule has 2 atom stereocenters. The molecule has 0 aromatic heterocycles. The summed E-state index contributed by atoms with van der Waals surface area (Å²) in [6, 6.07) is 1.12. The van der Waals surface area contributed by atoms with Crippen molar-refractivity contribution in [2.24, 2.45) is 0 Å². The van der Waals surface area contributed by atoms with E-state index in [9.17, 15) is 4.79 Å². The summed E-state index contributed by atoms with van der Waals surface area (Å²) in [5.41, 5.74) is 0. The lowest BCUT2D eigenvalue weighted by molar-refractivity contribution is -0.116. The van der Waals surface area contributed by atoms with Gasteiger partial charge in [0.25, 0.3) is 0 Å². The van der Waals surface area contributed by atoms with Crippen LogP contribution in [0.5, 0.6) is 0 Å². The molecule has 2 unspecified atom stereocenters. The van der Waals surface area contributed by atoms with Gasteiger partial charge in [0.15, 0.2) is 0 Å². The molecule has 0 heterocycles. The average molecular weight is 212 g/mol. The van der Waals surface area contributed by atoms with Crippen LogP contribution in [0.4, 0.5) is 0 Å². The number of likely N-dealkylation sites (N-methyl/N-ethyl adjacent to an activating group) is 1. The van der Waals surface area contributed by atoms with Crippen LogP contribution in [0.2, 0.25) is 0 Å². The van der Waals surface area contributed by atoms with Gasteiger partial charge >= 0.3 is 0 Å². The Morgan fingerprint density at radius 2 is 2.07 bits per heavy atom. The van der Waals surface area contributed by atoms with Gasteiger partial charge in [0, 0.05) is 12.1 Å². The normalized spacial score (nSPS) is 26.9. The Kier molecular flexibility index (Phi) is 5.26. The number of ketones is 1. The first-order valence-electron chi connectivity index (χ1n) is 6.08. The van der Waals surface area contributed by atoms with E-state index >= 15 is 0 Å². The molecule has 0 aromatic rings.